The third-order valence-electron chi connectivity index (χ3n) is 4.58. The Balaban J connectivity index is 1.83. The van der Waals surface area contributed by atoms with E-state index < -0.39 is 16.1 Å². The Morgan fingerprint density at radius 3 is 2.38 bits per heavy atom. The molecule has 2 aromatic carbocycles. The first-order valence-electron chi connectivity index (χ1n) is 9.16. The van der Waals surface area contributed by atoms with Crippen LogP contribution in [-0.2, 0) is 23.0 Å². The van der Waals surface area contributed by atoms with Gasteiger partial charge >= 0.3 is 0 Å². The number of aromatic nitrogens is 3. The molecular formula is C20H22I2N4O2S. The van der Waals surface area contributed by atoms with E-state index in [1.54, 1.807) is 25.1 Å². The van der Waals surface area contributed by atoms with Crippen molar-refractivity contribution < 1.29 is 8.42 Å². The van der Waals surface area contributed by atoms with E-state index in [1.807, 2.05) is 11.5 Å². The van der Waals surface area contributed by atoms with Crippen molar-refractivity contribution in [3.63, 3.8) is 0 Å². The standard InChI is InChI=1S/C20H22I2N4O2S/c1-4-26-19(11-15-7-5-13(2)6-8-15)23-24-20(26)14(3)25-29(27,28)16-9-10-17(21)18(22)12-16/h5-10,12,14,25H,4,11H2,1-3H3/t14-/m1/s1. The largest absolute Gasteiger partial charge is 0.314 e. The molecule has 0 unspecified atom stereocenters. The van der Waals surface area contributed by atoms with Crippen LogP contribution in [-0.4, -0.2) is 23.2 Å². The number of rotatable bonds is 7. The fourth-order valence-electron chi connectivity index (χ4n) is 3.03. The summed E-state index contributed by atoms with van der Waals surface area (Å²) in [5, 5.41) is 8.62. The Kier molecular flexibility index (Phi) is 7.33. The van der Waals surface area contributed by atoms with Gasteiger partial charge in [-0.05, 0) is 89.7 Å². The molecule has 0 amide bonds. The van der Waals surface area contributed by atoms with Crippen molar-refractivity contribution in [2.24, 2.45) is 0 Å². The van der Waals surface area contributed by atoms with Gasteiger partial charge in [0.25, 0.3) is 0 Å². The number of sulfonamides is 1. The Labute approximate surface area is 198 Å². The van der Waals surface area contributed by atoms with Crippen LogP contribution in [0.25, 0.3) is 0 Å². The maximum atomic E-state index is 12.8. The van der Waals surface area contributed by atoms with Gasteiger partial charge in [0.2, 0.25) is 10.0 Å². The zero-order valence-corrected chi connectivity index (χ0v) is 21.5. The second kappa shape index (κ2) is 9.40. The summed E-state index contributed by atoms with van der Waals surface area (Å²) in [6, 6.07) is 12.9. The zero-order valence-electron chi connectivity index (χ0n) is 16.4. The highest BCUT2D eigenvalue weighted by Gasteiger charge is 2.23. The number of nitrogens with zero attached hydrogens (tertiary/aromatic N) is 3. The van der Waals surface area contributed by atoms with E-state index in [4.69, 9.17) is 0 Å². The number of aryl methyl sites for hydroxylation is 1. The SMILES string of the molecule is CCn1c(Cc2ccc(C)cc2)nnc1[C@@H](C)NS(=O)(=O)c1ccc(I)c(I)c1. The Bertz CT molecular complexity index is 1110. The molecule has 29 heavy (non-hydrogen) atoms. The molecule has 0 saturated heterocycles. The number of hydrogen-bond acceptors (Lipinski definition) is 4. The summed E-state index contributed by atoms with van der Waals surface area (Å²) < 4.78 is 32.3. The lowest BCUT2D eigenvalue weighted by Crippen LogP contribution is -2.29. The van der Waals surface area contributed by atoms with Crippen LogP contribution in [0.5, 0.6) is 0 Å². The molecule has 154 valence electrons. The van der Waals surface area contributed by atoms with Crippen molar-refractivity contribution in [2.45, 2.75) is 44.7 Å². The van der Waals surface area contributed by atoms with Gasteiger partial charge in [0.1, 0.15) is 5.82 Å². The van der Waals surface area contributed by atoms with E-state index in [9.17, 15) is 8.42 Å². The summed E-state index contributed by atoms with van der Waals surface area (Å²) >= 11 is 4.32. The van der Waals surface area contributed by atoms with Gasteiger partial charge in [0.05, 0.1) is 10.9 Å². The van der Waals surface area contributed by atoms with E-state index in [0.717, 1.165) is 18.5 Å². The van der Waals surface area contributed by atoms with Crippen LogP contribution in [0.4, 0.5) is 0 Å². The molecule has 1 N–H and O–H groups in total. The molecule has 6 nitrogen and oxygen atoms in total. The first-order valence-corrected chi connectivity index (χ1v) is 12.8. The van der Waals surface area contributed by atoms with Crippen LogP contribution in [0.15, 0.2) is 47.4 Å². The van der Waals surface area contributed by atoms with Crippen LogP contribution in [0, 0.1) is 14.1 Å². The van der Waals surface area contributed by atoms with E-state index in [1.165, 1.54) is 5.56 Å². The van der Waals surface area contributed by atoms with Crippen molar-refractivity contribution in [1.29, 1.82) is 0 Å². The first-order chi connectivity index (χ1) is 13.7. The van der Waals surface area contributed by atoms with Gasteiger partial charge in [-0.3, -0.25) is 0 Å². The molecule has 0 aliphatic rings. The van der Waals surface area contributed by atoms with E-state index in [-0.39, 0.29) is 4.90 Å². The van der Waals surface area contributed by atoms with Gasteiger partial charge in [-0.15, -0.1) is 10.2 Å². The van der Waals surface area contributed by atoms with Crippen molar-refractivity contribution in [2.75, 3.05) is 0 Å². The highest BCUT2D eigenvalue weighted by atomic mass is 127. The fourth-order valence-corrected chi connectivity index (χ4v) is 5.32. The van der Waals surface area contributed by atoms with Gasteiger partial charge < -0.3 is 4.57 Å². The second-order valence-electron chi connectivity index (χ2n) is 6.80. The van der Waals surface area contributed by atoms with E-state index >= 15 is 0 Å². The molecule has 0 aliphatic heterocycles. The lowest BCUT2D eigenvalue weighted by molar-refractivity contribution is 0.544. The molecular weight excluding hydrogens is 614 g/mol. The molecule has 3 aromatic rings. The summed E-state index contributed by atoms with van der Waals surface area (Å²) in [7, 11) is -3.67. The normalized spacial score (nSPS) is 12.9. The predicted molar refractivity (Wildman–Crippen MR) is 130 cm³/mol. The first kappa shape index (κ1) is 22.6. The molecule has 0 bridgehead atoms. The summed E-state index contributed by atoms with van der Waals surface area (Å²) in [5.74, 6) is 1.43. The highest BCUT2D eigenvalue weighted by Crippen LogP contribution is 2.22. The summed E-state index contributed by atoms with van der Waals surface area (Å²) in [4.78, 5) is 0.247. The number of halogens is 2. The summed E-state index contributed by atoms with van der Waals surface area (Å²) in [5.41, 5.74) is 2.35. The molecule has 0 aliphatic carbocycles. The Morgan fingerprint density at radius 2 is 1.76 bits per heavy atom. The Hall–Kier alpha value is -1.05. The molecule has 9 heteroatoms. The fraction of sp³-hybridized carbons (Fsp3) is 0.300. The summed E-state index contributed by atoms with van der Waals surface area (Å²) in [6.07, 6.45) is 0.649. The predicted octanol–water partition coefficient (Wildman–Crippen LogP) is 4.45. The van der Waals surface area contributed by atoms with Gasteiger partial charge in [-0.2, -0.15) is 0 Å². The minimum atomic E-state index is -3.67. The molecule has 1 heterocycles. The lowest BCUT2D eigenvalue weighted by Gasteiger charge is -2.16. The van der Waals surface area contributed by atoms with E-state index in [0.29, 0.717) is 18.8 Å². The van der Waals surface area contributed by atoms with Crippen molar-refractivity contribution >= 4 is 55.2 Å². The lowest BCUT2D eigenvalue weighted by atomic mass is 10.1. The zero-order chi connectivity index (χ0) is 21.2. The van der Waals surface area contributed by atoms with E-state index in [2.05, 4.69) is 91.3 Å². The third-order valence-corrected chi connectivity index (χ3v) is 8.98. The molecule has 0 saturated carbocycles. The maximum absolute atomic E-state index is 12.8. The van der Waals surface area contributed by atoms with Crippen LogP contribution < -0.4 is 4.72 Å². The molecule has 1 atom stereocenters. The van der Waals surface area contributed by atoms with Gasteiger partial charge in [0.15, 0.2) is 5.82 Å². The van der Waals surface area contributed by atoms with Crippen LogP contribution in [0.1, 0.15) is 42.7 Å². The molecule has 0 fully saturated rings. The second-order valence-corrected chi connectivity index (χ2v) is 10.8. The quantitative estimate of drug-likeness (QED) is 0.390. The van der Waals surface area contributed by atoms with Crippen molar-refractivity contribution in [1.82, 2.24) is 19.5 Å². The number of hydrogen-bond donors (Lipinski definition) is 1. The van der Waals surface area contributed by atoms with Crippen LogP contribution >= 0.6 is 45.2 Å². The Morgan fingerprint density at radius 1 is 1.07 bits per heavy atom. The van der Waals surface area contributed by atoms with Gasteiger partial charge in [-0.25, -0.2) is 13.1 Å². The maximum Gasteiger partial charge on any atom is 0.241 e. The monoisotopic (exact) mass is 636 g/mol. The molecule has 3 rings (SSSR count). The highest BCUT2D eigenvalue weighted by molar-refractivity contribution is 14.1. The van der Waals surface area contributed by atoms with Crippen LogP contribution in [0.2, 0.25) is 0 Å². The van der Waals surface area contributed by atoms with Crippen molar-refractivity contribution in [3.05, 3.63) is 72.4 Å². The smallest absolute Gasteiger partial charge is 0.241 e. The third kappa shape index (κ3) is 5.36. The minimum absolute atomic E-state index is 0.247. The number of nitrogens with one attached hydrogen (secondary N) is 1. The molecule has 0 radical (unpaired) electrons. The average Bonchev–Trinajstić information content (AvgIpc) is 3.08. The van der Waals surface area contributed by atoms with Gasteiger partial charge in [-0.1, -0.05) is 29.8 Å². The minimum Gasteiger partial charge on any atom is -0.314 e. The topological polar surface area (TPSA) is 76.9 Å². The summed E-state index contributed by atoms with van der Waals surface area (Å²) in [6.45, 7) is 6.52. The number of benzene rings is 2. The van der Waals surface area contributed by atoms with Crippen molar-refractivity contribution in [3.8, 4) is 0 Å². The molecule has 0 spiro atoms. The van der Waals surface area contributed by atoms with Gasteiger partial charge in [0, 0.05) is 20.1 Å². The molecule has 1 aromatic heterocycles. The van der Waals surface area contributed by atoms with Crippen LogP contribution in [0.3, 0.4) is 0 Å². The average molecular weight is 636 g/mol.